The van der Waals surface area contributed by atoms with E-state index in [1.165, 1.54) is 30.5 Å². The number of aliphatic hydroxyl groups is 1. The number of hydrogen-bond acceptors (Lipinski definition) is 6. The van der Waals surface area contributed by atoms with Gasteiger partial charge in [0.15, 0.2) is 5.82 Å². The summed E-state index contributed by atoms with van der Waals surface area (Å²) in [5.74, 6) is 0.462. The van der Waals surface area contributed by atoms with E-state index in [1.54, 1.807) is 17.6 Å². The summed E-state index contributed by atoms with van der Waals surface area (Å²) in [7, 11) is -3.96. The lowest BCUT2D eigenvalue weighted by Crippen LogP contribution is -2.51. The first kappa shape index (κ1) is 23.2. The van der Waals surface area contributed by atoms with Gasteiger partial charge in [-0.1, -0.05) is 12.1 Å². The maximum atomic E-state index is 13.4. The molecule has 1 aliphatic heterocycles. The minimum absolute atomic E-state index is 0.0576. The lowest BCUT2D eigenvalue weighted by molar-refractivity contribution is -0.137. The van der Waals surface area contributed by atoms with Crippen molar-refractivity contribution >= 4 is 15.7 Å². The van der Waals surface area contributed by atoms with Crippen LogP contribution in [0.3, 0.4) is 0 Å². The van der Waals surface area contributed by atoms with Gasteiger partial charge in [-0.2, -0.15) is 13.2 Å². The summed E-state index contributed by atoms with van der Waals surface area (Å²) in [5.41, 5.74) is -0.278. The second-order valence-corrected chi connectivity index (χ2v) is 9.42. The number of nitrogens with one attached hydrogen (secondary N) is 2. The van der Waals surface area contributed by atoms with Crippen molar-refractivity contribution in [3.05, 3.63) is 60.0 Å². The Labute approximate surface area is 188 Å². The van der Waals surface area contributed by atoms with E-state index >= 15 is 0 Å². The first-order valence-electron chi connectivity index (χ1n) is 10.0. The third-order valence-electron chi connectivity index (χ3n) is 5.43. The fourth-order valence-electron chi connectivity index (χ4n) is 3.86. The zero-order valence-electron chi connectivity index (χ0n) is 17.5. The molecule has 0 amide bonds. The highest BCUT2D eigenvalue weighted by Gasteiger charge is 2.39. The predicted molar refractivity (Wildman–Crippen MR) is 116 cm³/mol. The van der Waals surface area contributed by atoms with Gasteiger partial charge in [0, 0.05) is 12.2 Å². The molecule has 1 aliphatic rings. The number of halogens is 3. The van der Waals surface area contributed by atoms with Crippen LogP contribution in [0.25, 0.3) is 16.9 Å². The van der Waals surface area contributed by atoms with Crippen molar-refractivity contribution in [2.45, 2.75) is 30.1 Å². The number of nitrogens with two attached hydrogens (primary N) is 1. The van der Waals surface area contributed by atoms with Crippen LogP contribution in [-0.2, 0) is 21.9 Å². The largest absolute Gasteiger partial charge is 0.416 e. The van der Waals surface area contributed by atoms with E-state index in [9.17, 15) is 21.6 Å². The molecule has 1 unspecified atom stereocenters. The van der Waals surface area contributed by atoms with Crippen LogP contribution in [0.2, 0.25) is 0 Å². The van der Waals surface area contributed by atoms with E-state index in [0.29, 0.717) is 35.7 Å². The number of alkyl halides is 3. The molecule has 4 rings (SSSR count). The molecule has 1 atom stereocenters. The van der Waals surface area contributed by atoms with E-state index in [0.717, 1.165) is 12.1 Å². The normalized spacial score (nSPS) is 17.9. The molecule has 5 N–H and O–H groups in total. The summed E-state index contributed by atoms with van der Waals surface area (Å²) >= 11 is 0. The Morgan fingerprint density at radius 3 is 2.67 bits per heavy atom. The molecule has 33 heavy (non-hydrogen) atoms. The Balaban J connectivity index is 1.92. The van der Waals surface area contributed by atoms with Gasteiger partial charge < -0.3 is 10.4 Å². The molecular formula is C21H22F3N5O3S. The van der Waals surface area contributed by atoms with Crippen LogP contribution < -0.4 is 15.8 Å². The molecule has 3 aromatic rings. The molecule has 0 radical (unpaired) electrons. The number of fused-ring (bicyclic) bond motifs is 3. The fourth-order valence-corrected chi connectivity index (χ4v) is 4.42. The van der Waals surface area contributed by atoms with Gasteiger partial charge >= 0.3 is 6.18 Å². The molecule has 0 fully saturated rings. The molecule has 0 bridgehead atoms. The lowest BCUT2D eigenvalue weighted by Gasteiger charge is -2.38. The van der Waals surface area contributed by atoms with Crippen LogP contribution in [0, 0.1) is 0 Å². The summed E-state index contributed by atoms with van der Waals surface area (Å²) in [5, 5.41) is 20.7. The highest BCUT2D eigenvalue weighted by Crippen LogP contribution is 2.41. The topological polar surface area (TPSA) is 122 Å². The van der Waals surface area contributed by atoms with Crippen LogP contribution in [0.15, 0.2) is 53.6 Å². The fraction of sp³-hybridized carbons (Fsp3) is 0.286. The summed E-state index contributed by atoms with van der Waals surface area (Å²) in [6.45, 7) is 2.05. The molecule has 0 saturated carbocycles. The second kappa shape index (κ2) is 8.13. The zero-order chi connectivity index (χ0) is 24.0. The summed E-state index contributed by atoms with van der Waals surface area (Å²) in [6.07, 6.45) is -2.58. The lowest BCUT2D eigenvalue weighted by atomic mass is 10.0. The van der Waals surface area contributed by atoms with Gasteiger partial charge in [-0.3, -0.25) is 9.88 Å². The number of benzene rings is 2. The Kier molecular flexibility index (Phi) is 5.73. The number of hydrogen-bond donors (Lipinski definition) is 4. The molecule has 2 aromatic carbocycles. The maximum Gasteiger partial charge on any atom is 0.416 e. The van der Waals surface area contributed by atoms with Gasteiger partial charge in [-0.05, 0) is 50.2 Å². The van der Waals surface area contributed by atoms with Gasteiger partial charge in [-0.15, -0.1) is 0 Å². The van der Waals surface area contributed by atoms with E-state index in [2.05, 4.69) is 15.6 Å². The number of imidazole rings is 1. The Morgan fingerprint density at radius 1 is 1.24 bits per heavy atom. The first-order valence-corrected chi connectivity index (χ1v) is 11.6. The zero-order valence-corrected chi connectivity index (χ0v) is 18.3. The van der Waals surface area contributed by atoms with Crippen LogP contribution in [0.1, 0.15) is 24.7 Å². The number of anilines is 1. The summed E-state index contributed by atoms with van der Waals surface area (Å²) in [6, 6.07) is 9.30. The van der Waals surface area contributed by atoms with Crippen LogP contribution in [0.4, 0.5) is 18.9 Å². The highest BCUT2D eigenvalue weighted by molar-refractivity contribution is 7.89. The maximum absolute atomic E-state index is 13.4. The first-order chi connectivity index (χ1) is 15.4. The van der Waals surface area contributed by atoms with Crippen LogP contribution >= 0.6 is 0 Å². The third-order valence-corrected chi connectivity index (χ3v) is 6.34. The van der Waals surface area contributed by atoms with Gasteiger partial charge in [0.05, 0.1) is 33.7 Å². The van der Waals surface area contributed by atoms with Crippen LogP contribution in [0.5, 0.6) is 0 Å². The van der Waals surface area contributed by atoms with Crippen molar-refractivity contribution in [3.63, 3.8) is 0 Å². The summed E-state index contributed by atoms with van der Waals surface area (Å²) < 4.78 is 65.5. The Bertz CT molecular complexity index is 1310. The van der Waals surface area contributed by atoms with Gasteiger partial charge in [0.1, 0.15) is 5.66 Å². The quantitative estimate of drug-likeness (QED) is 0.402. The second-order valence-electron chi connectivity index (χ2n) is 7.86. The van der Waals surface area contributed by atoms with Crippen molar-refractivity contribution in [2.24, 2.45) is 5.14 Å². The van der Waals surface area contributed by atoms with Crippen LogP contribution in [-0.4, -0.2) is 36.2 Å². The monoisotopic (exact) mass is 481 g/mol. The van der Waals surface area contributed by atoms with Gasteiger partial charge in [0.25, 0.3) is 0 Å². The standard InChI is InChI=1S/C21H22F3N5O3S/c1-20(27-8-3-9-30)19-26-12-18(13-4-2-5-15(10-13)33(25,31)32)29(19)17-7-6-14(21(22,23)24)11-16(17)28-20/h2,4-7,10-12,27-28,30H,3,8-9H2,1H3,(H2,25,31,32). The molecule has 12 heteroatoms. The Morgan fingerprint density at radius 2 is 2.00 bits per heavy atom. The van der Waals surface area contributed by atoms with E-state index < -0.39 is 27.4 Å². The van der Waals surface area contributed by atoms with Gasteiger partial charge in [0.2, 0.25) is 10.0 Å². The van der Waals surface area contributed by atoms with E-state index in [1.807, 2.05) is 0 Å². The molecule has 8 nitrogen and oxygen atoms in total. The predicted octanol–water partition coefficient (Wildman–Crippen LogP) is 2.78. The number of nitrogens with zero attached hydrogens (tertiary/aromatic N) is 2. The summed E-state index contributed by atoms with van der Waals surface area (Å²) in [4.78, 5) is 4.40. The number of rotatable bonds is 6. The van der Waals surface area contributed by atoms with Crippen molar-refractivity contribution in [1.82, 2.24) is 14.9 Å². The number of aliphatic hydroxyl groups excluding tert-OH is 1. The molecule has 0 spiro atoms. The number of sulfonamides is 1. The average Bonchev–Trinajstić information content (AvgIpc) is 3.19. The Hall–Kier alpha value is -2.93. The minimum Gasteiger partial charge on any atom is -0.396 e. The molecular weight excluding hydrogens is 459 g/mol. The average molecular weight is 482 g/mol. The smallest absolute Gasteiger partial charge is 0.396 e. The SMILES string of the molecule is CC1(NCCCO)Nc2cc(C(F)(F)F)ccc2-n2c(-c3cccc(S(N)(=O)=O)c3)cnc21. The molecule has 0 aliphatic carbocycles. The van der Waals surface area contributed by atoms with Crippen molar-refractivity contribution in [2.75, 3.05) is 18.5 Å². The van der Waals surface area contributed by atoms with Crippen molar-refractivity contribution in [1.29, 1.82) is 0 Å². The van der Waals surface area contributed by atoms with E-state index in [4.69, 9.17) is 10.2 Å². The van der Waals surface area contributed by atoms with Gasteiger partial charge in [-0.25, -0.2) is 18.5 Å². The number of primary sulfonamides is 1. The van der Waals surface area contributed by atoms with Crippen molar-refractivity contribution in [3.8, 4) is 16.9 Å². The minimum atomic E-state index is -4.53. The van der Waals surface area contributed by atoms with Crippen molar-refractivity contribution < 1.29 is 26.7 Å². The highest BCUT2D eigenvalue weighted by atomic mass is 32.2. The molecule has 1 aromatic heterocycles. The molecule has 176 valence electrons. The van der Waals surface area contributed by atoms with E-state index in [-0.39, 0.29) is 17.2 Å². The number of aromatic nitrogens is 2. The molecule has 2 heterocycles. The molecule has 0 saturated heterocycles. The third kappa shape index (κ3) is 4.34.